The topological polar surface area (TPSA) is 26.3 Å². The molecule has 0 bridgehead atoms. The highest BCUT2D eigenvalue weighted by atomic mass is 79.9. The minimum atomic E-state index is 0.205. The predicted molar refractivity (Wildman–Crippen MR) is 71.8 cm³/mol. The lowest BCUT2D eigenvalue weighted by atomic mass is 9.78. The van der Waals surface area contributed by atoms with Gasteiger partial charge in [-0.25, -0.2) is 0 Å². The van der Waals surface area contributed by atoms with Crippen LogP contribution in [0.25, 0.3) is 0 Å². The van der Waals surface area contributed by atoms with Gasteiger partial charge in [-0.1, -0.05) is 22.4 Å². The first-order valence-electron chi connectivity index (χ1n) is 5.94. The molecule has 0 saturated heterocycles. The zero-order valence-electron chi connectivity index (χ0n) is 10.5. The number of halogens is 1. The Hall–Kier alpha value is -0.830. The second-order valence-electron chi connectivity index (χ2n) is 4.70. The average molecular weight is 297 g/mol. The van der Waals surface area contributed by atoms with Crippen LogP contribution in [0.15, 0.2) is 10.5 Å². The van der Waals surface area contributed by atoms with Crippen LogP contribution in [0.4, 0.5) is 0 Å². The first kappa shape index (κ1) is 12.6. The van der Waals surface area contributed by atoms with Gasteiger partial charge >= 0.3 is 0 Å². The molecule has 0 atom stereocenters. The van der Waals surface area contributed by atoms with Gasteiger partial charge in [0.25, 0.3) is 0 Å². The quantitative estimate of drug-likeness (QED) is 0.787. The number of carbonyl (C=O) groups excluding carboxylic acids is 1. The first-order chi connectivity index (χ1) is 8.06. The van der Waals surface area contributed by atoms with Gasteiger partial charge in [-0.15, -0.1) is 0 Å². The highest BCUT2D eigenvalue weighted by molar-refractivity contribution is 9.10. The van der Waals surface area contributed by atoms with Crippen LogP contribution in [0.2, 0.25) is 0 Å². The maximum atomic E-state index is 12.4. The van der Waals surface area contributed by atoms with Crippen LogP contribution >= 0.6 is 15.9 Å². The van der Waals surface area contributed by atoms with E-state index in [0.29, 0.717) is 0 Å². The van der Waals surface area contributed by atoms with Crippen molar-refractivity contribution in [3.05, 3.63) is 27.2 Å². The van der Waals surface area contributed by atoms with Crippen molar-refractivity contribution in [2.75, 3.05) is 7.11 Å². The number of ether oxygens (including phenoxy) is 1. The molecule has 0 aliphatic heterocycles. The Kier molecular flexibility index (Phi) is 3.57. The summed E-state index contributed by atoms with van der Waals surface area (Å²) in [5, 5.41) is 0. The van der Waals surface area contributed by atoms with E-state index >= 15 is 0 Å². The van der Waals surface area contributed by atoms with E-state index in [-0.39, 0.29) is 11.7 Å². The third kappa shape index (κ3) is 2.13. The number of hydrogen-bond donors (Lipinski definition) is 0. The molecule has 0 unspecified atom stereocenters. The third-order valence-electron chi connectivity index (χ3n) is 3.59. The summed E-state index contributed by atoms with van der Waals surface area (Å²) in [5.74, 6) is 1.19. The molecule has 2 nitrogen and oxygen atoms in total. The fourth-order valence-corrected chi connectivity index (χ4v) is 2.83. The molecule has 2 rings (SSSR count). The van der Waals surface area contributed by atoms with Crippen molar-refractivity contribution < 1.29 is 9.53 Å². The molecule has 0 radical (unpaired) electrons. The summed E-state index contributed by atoms with van der Waals surface area (Å²) in [7, 11) is 1.63. The number of ketones is 1. The van der Waals surface area contributed by atoms with Gasteiger partial charge < -0.3 is 4.74 Å². The van der Waals surface area contributed by atoms with E-state index in [1.54, 1.807) is 7.11 Å². The molecule has 0 heterocycles. The molecule has 0 aromatic heterocycles. The molecule has 17 heavy (non-hydrogen) atoms. The Morgan fingerprint density at radius 2 is 2.06 bits per heavy atom. The highest BCUT2D eigenvalue weighted by Gasteiger charge is 2.30. The number of rotatable bonds is 3. The molecule has 0 spiro atoms. The Balaban J connectivity index is 2.52. The van der Waals surface area contributed by atoms with Crippen molar-refractivity contribution >= 4 is 21.7 Å². The van der Waals surface area contributed by atoms with Crippen LogP contribution in [0, 0.1) is 19.8 Å². The minimum absolute atomic E-state index is 0.205. The first-order valence-corrected chi connectivity index (χ1v) is 6.73. The molecular weight excluding hydrogens is 280 g/mol. The van der Waals surface area contributed by atoms with Crippen LogP contribution in [0.5, 0.6) is 5.75 Å². The van der Waals surface area contributed by atoms with Crippen LogP contribution in [0.3, 0.4) is 0 Å². The van der Waals surface area contributed by atoms with E-state index in [2.05, 4.69) is 15.9 Å². The van der Waals surface area contributed by atoms with E-state index in [1.165, 1.54) is 6.42 Å². The van der Waals surface area contributed by atoms with Crippen LogP contribution < -0.4 is 4.74 Å². The Bertz CT molecular complexity index is 462. The third-order valence-corrected chi connectivity index (χ3v) is 4.41. The molecule has 1 aromatic carbocycles. The summed E-state index contributed by atoms with van der Waals surface area (Å²) < 4.78 is 6.39. The summed E-state index contributed by atoms with van der Waals surface area (Å²) in [5.41, 5.74) is 2.76. The van der Waals surface area contributed by atoms with Crippen LogP contribution in [-0.4, -0.2) is 12.9 Å². The smallest absolute Gasteiger partial charge is 0.169 e. The van der Waals surface area contributed by atoms with Crippen molar-refractivity contribution in [3.8, 4) is 5.75 Å². The molecule has 3 heteroatoms. The number of Topliss-reactive ketones (excluding diaryl/α,β-unsaturated/α-hetero) is 1. The van der Waals surface area contributed by atoms with Crippen molar-refractivity contribution in [3.63, 3.8) is 0 Å². The molecule has 92 valence electrons. The lowest BCUT2D eigenvalue weighted by Gasteiger charge is -2.26. The zero-order valence-corrected chi connectivity index (χ0v) is 12.1. The summed E-state index contributed by atoms with van der Waals surface area (Å²) in [4.78, 5) is 12.4. The van der Waals surface area contributed by atoms with E-state index < -0.39 is 0 Å². The van der Waals surface area contributed by atoms with Gasteiger partial charge in [-0.05, 0) is 43.9 Å². The monoisotopic (exact) mass is 296 g/mol. The average Bonchev–Trinajstić information content (AvgIpc) is 2.20. The predicted octanol–water partition coefficient (Wildman–Crippen LogP) is 4.06. The maximum absolute atomic E-state index is 12.4. The van der Waals surface area contributed by atoms with Gasteiger partial charge in [0.2, 0.25) is 0 Å². The number of carbonyl (C=O) groups is 1. The summed E-state index contributed by atoms with van der Waals surface area (Å²) in [6, 6.07) is 2.01. The molecule has 1 aromatic rings. The number of aryl methyl sites for hydroxylation is 1. The SMILES string of the molecule is COc1c(C)cc(Br)c(C)c1C(=O)C1CCC1. The number of methoxy groups -OCH3 is 1. The van der Waals surface area contributed by atoms with Gasteiger partial charge in [0.15, 0.2) is 5.78 Å². The van der Waals surface area contributed by atoms with Crippen molar-refractivity contribution in [1.82, 2.24) is 0 Å². The van der Waals surface area contributed by atoms with Crippen molar-refractivity contribution in [2.24, 2.45) is 5.92 Å². The molecular formula is C14H17BrO2. The Morgan fingerprint density at radius 1 is 1.41 bits per heavy atom. The van der Waals surface area contributed by atoms with Gasteiger partial charge in [0.1, 0.15) is 5.75 Å². The lowest BCUT2D eigenvalue weighted by Crippen LogP contribution is -2.23. The highest BCUT2D eigenvalue weighted by Crippen LogP contribution is 2.38. The standard InChI is InChI=1S/C14H17BrO2/c1-8-7-11(15)9(2)12(14(8)17-3)13(16)10-5-4-6-10/h7,10H,4-6H2,1-3H3. The minimum Gasteiger partial charge on any atom is -0.496 e. The zero-order chi connectivity index (χ0) is 12.6. The molecule has 1 aliphatic rings. The van der Waals surface area contributed by atoms with Crippen molar-refractivity contribution in [1.29, 1.82) is 0 Å². The van der Waals surface area contributed by atoms with E-state index in [9.17, 15) is 4.79 Å². The Labute approximate surface area is 110 Å². The number of benzene rings is 1. The van der Waals surface area contributed by atoms with E-state index in [1.807, 2.05) is 19.9 Å². The summed E-state index contributed by atoms with van der Waals surface area (Å²) >= 11 is 3.51. The second kappa shape index (κ2) is 4.81. The summed E-state index contributed by atoms with van der Waals surface area (Å²) in [6.45, 7) is 3.94. The van der Waals surface area contributed by atoms with Crippen LogP contribution in [0.1, 0.15) is 40.7 Å². The molecule has 1 aliphatic carbocycles. The molecule has 0 amide bonds. The maximum Gasteiger partial charge on any atom is 0.169 e. The molecule has 0 N–H and O–H groups in total. The lowest BCUT2D eigenvalue weighted by molar-refractivity contribution is 0.0851. The fourth-order valence-electron chi connectivity index (χ4n) is 2.29. The second-order valence-corrected chi connectivity index (χ2v) is 5.55. The van der Waals surface area contributed by atoms with Crippen LogP contribution in [-0.2, 0) is 0 Å². The molecule has 1 fully saturated rings. The fraction of sp³-hybridized carbons (Fsp3) is 0.500. The normalized spacial score (nSPS) is 15.5. The van der Waals surface area contributed by atoms with Gasteiger partial charge in [0, 0.05) is 10.4 Å². The largest absolute Gasteiger partial charge is 0.496 e. The van der Waals surface area contributed by atoms with Crippen molar-refractivity contribution in [2.45, 2.75) is 33.1 Å². The van der Waals surface area contributed by atoms with E-state index in [4.69, 9.17) is 4.74 Å². The van der Waals surface area contributed by atoms with Gasteiger partial charge in [0.05, 0.1) is 12.7 Å². The van der Waals surface area contributed by atoms with E-state index in [0.717, 1.165) is 39.8 Å². The summed E-state index contributed by atoms with van der Waals surface area (Å²) in [6.07, 6.45) is 3.21. The Morgan fingerprint density at radius 3 is 2.53 bits per heavy atom. The van der Waals surface area contributed by atoms with Gasteiger partial charge in [-0.3, -0.25) is 4.79 Å². The number of hydrogen-bond acceptors (Lipinski definition) is 2. The molecule has 1 saturated carbocycles. The van der Waals surface area contributed by atoms with Gasteiger partial charge in [-0.2, -0.15) is 0 Å².